The van der Waals surface area contributed by atoms with Gasteiger partial charge in [0.2, 0.25) is 0 Å². The third-order valence-electron chi connectivity index (χ3n) is 2.12. The van der Waals surface area contributed by atoms with Crippen LogP contribution in [-0.4, -0.2) is 5.11 Å². The maximum atomic E-state index is 12.8. The largest absolute Gasteiger partial charge is 0.392 e. The van der Waals surface area contributed by atoms with Crippen LogP contribution in [0.3, 0.4) is 0 Å². The predicted molar refractivity (Wildman–Crippen MR) is 52.4 cm³/mol. The molecule has 3 heteroatoms. The Labute approximate surface area is 79.4 Å². The summed E-state index contributed by atoms with van der Waals surface area (Å²) in [5.41, 5.74) is 1.88. The Morgan fingerprint density at radius 1 is 1.38 bits per heavy atom. The third-order valence-corrected chi connectivity index (χ3v) is 3.00. The summed E-state index contributed by atoms with van der Waals surface area (Å²) in [6.45, 7) is 1.93. The van der Waals surface area contributed by atoms with E-state index in [0.717, 1.165) is 32.5 Å². The highest BCUT2D eigenvalue weighted by Crippen LogP contribution is 2.27. The van der Waals surface area contributed by atoms with E-state index in [1.54, 1.807) is 0 Å². The molecule has 0 unspecified atom stereocenters. The quantitative estimate of drug-likeness (QED) is 0.743. The normalized spacial score (nSPS) is 11.0. The van der Waals surface area contributed by atoms with Gasteiger partial charge in [-0.25, -0.2) is 0 Å². The van der Waals surface area contributed by atoms with Crippen LogP contribution in [0.2, 0.25) is 0 Å². The van der Waals surface area contributed by atoms with Crippen molar-refractivity contribution in [3.8, 4) is 0 Å². The minimum absolute atomic E-state index is 0.0131. The first-order valence-electron chi connectivity index (χ1n) is 4.00. The van der Waals surface area contributed by atoms with E-state index in [-0.39, 0.29) is 11.7 Å². The number of fused-ring (bicyclic) bond motifs is 1. The van der Waals surface area contributed by atoms with Crippen molar-refractivity contribution in [2.24, 2.45) is 0 Å². The van der Waals surface area contributed by atoms with E-state index in [1.807, 2.05) is 19.1 Å². The lowest BCUT2D eigenvalue weighted by molar-refractivity contribution is 0.281. The molecule has 1 nitrogen and oxygen atoms in total. The molecule has 0 radical (unpaired) electrons. The number of rotatable bonds is 1. The molecular formula is C10H9FOS. The van der Waals surface area contributed by atoms with Crippen molar-refractivity contribution in [3.05, 3.63) is 34.5 Å². The summed E-state index contributed by atoms with van der Waals surface area (Å²) in [5.74, 6) is 0. The molecule has 0 saturated heterocycles. The number of aliphatic hydroxyl groups is 1. The topological polar surface area (TPSA) is 20.2 Å². The van der Waals surface area contributed by atoms with Crippen LogP contribution < -0.4 is 0 Å². The molecule has 2 aromatic rings. The van der Waals surface area contributed by atoms with Crippen LogP contribution in [0.5, 0.6) is 0 Å². The number of hydrogen-bond donors (Lipinski definition) is 1. The number of benzene rings is 1. The van der Waals surface area contributed by atoms with E-state index in [4.69, 9.17) is 5.11 Å². The monoisotopic (exact) mass is 196 g/mol. The van der Waals surface area contributed by atoms with Gasteiger partial charge in [-0.05, 0) is 41.6 Å². The lowest BCUT2D eigenvalue weighted by Crippen LogP contribution is -1.86. The zero-order chi connectivity index (χ0) is 9.42. The van der Waals surface area contributed by atoms with Crippen LogP contribution in [0, 0.1) is 12.1 Å². The van der Waals surface area contributed by atoms with Crippen LogP contribution in [0.15, 0.2) is 18.2 Å². The van der Waals surface area contributed by atoms with E-state index in [0.29, 0.717) is 0 Å². The summed E-state index contributed by atoms with van der Waals surface area (Å²) in [7, 11) is 0. The molecule has 68 valence electrons. The fourth-order valence-corrected chi connectivity index (χ4v) is 2.24. The number of thiophene rings is 1. The summed E-state index contributed by atoms with van der Waals surface area (Å²) in [6, 6.07) is 5.25. The molecule has 0 spiro atoms. The first-order chi connectivity index (χ1) is 6.20. The van der Waals surface area contributed by atoms with Crippen molar-refractivity contribution in [1.29, 1.82) is 0 Å². The second-order valence-electron chi connectivity index (χ2n) is 3.03. The van der Waals surface area contributed by atoms with Crippen molar-refractivity contribution >= 4 is 21.4 Å². The second-order valence-corrected chi connectivity index (χ2v) is 4.06. The van der Waals surface area contributed by atoms with Crippen LogP contribution in [0.4, 0.5) is 4.39 Å². The summed E-state index contributed by atoms with van der Waals surface area (Å²) in [5, 5.41) is 9.69. The molecule has 0 saturated carbocycles. The SMILES string of the molecule is Cc1cc2sc(F)cc2cc1CO. The third kappa shape index (κ3) is 1.45. The van der Waals surface area contributed by atoms with Crippen molar-refractivity contribution in [3.63, 3.8) is 0 Å². The lowest BCUT2D eigenvalue weighted by atomic mass is 10.1. The van der Waals surface area contributed by atoms with Gasteiger partial charge in [0.25, 0.3) is 0 Å². The van der Waals surface area contributed by atoms with Gasteiger partial charge in [0, 0.05) is 4.70 Å². The summed E-state index contributed by atoms with van der Waals surface area (Å²) < 4.78 is 13.8. The Hall–Kier alpha value is -0.930. The van der Waals surface area contributed by atoms with E-state index in [9.17, 15) is 4.39 Å². The van der Waals surface area contributed by atoms with Crippen LogP contribution in [0.25, 0.3) is 10.1 Å². The smallest absolute Gasteiger partial charge is 0.177 e. The molecule has 1 aromatic carbocycles. The average molecular weight is 196 g/mol. The Morgan fingerprint density at radius 3 is 2.85 bits per heavy atom. The van der Waals surface area contributed by atoms with E-state index in [2.05, 4.69) is 0 Å². The molecule has 0 aliphatic rings. The average Bonchev–Trinajstić information content (AvgIpc) is 2.42. The van der Waals surface area contributed by atoms with Crippen molar-refractivity contribution in [1.82, 2.24) is 0 Å². The maximum absolute atomic E-state index is 12.8. The van der Waals surface area contributed by atoms with Crippen molar-refractivity contribution in [2.45, 2.75) is 13.5 Å². The molecule has 1 N–H and O–H groups in total. The van der Waals surface area contributed by atoms with Gasteiger partial charge < -0.3 is 5.11 Å². The van der Waals surface area contributed by atoms with E-state index >= 15 is 0 Å². The molecule has 2 rings (SSSR count). The van der Waals surface area contributed by atoms with Gasteiger partial charge in [0.15, 0.2) is 5.13 Å². The van der Waals surface area contributed by atoms with Crippen LogP contribution in [0.1, 0.15) is 11.1 Å². The van der Waals surface area contributed by atoms with Crippen molar-refractivity contribution < 1.29 is 9.50 Å². The van der Waals surface area contributed by atoms with Crippen LogP contribution >= 0.6 is 11.3 Å². The molecule has 1 heterocycles. The maximum Gasteiger partial charge on any atom is 0.177 e. The zero-order valence-corrected chi connectivity index (χ0v) is 7.99. The molecular weight excluding hydrogens is 187 g/mol. The van der Waals surface area contributed by atoms with Gasteiger partial charge in [-0.1, -0.05) is 0 Å². The van der Waals surface area contributed by atoms with E-state index in [1.165, 1.54) is 6.07 Å². The molecule has 1 aromatic heterocycles. The highest BCUT2D eigenvalue weighted by atomic mass is 32.1. The standard InChI is InChI=1S/C10H9FOS/c1-6-2-9-7(3-8(6)5-12)4-10(11)13-9/h2-4,12H,5H2,1H3. The van der Waals surface area contributed by atoms with Gasteiger partial charge in [0.1, 0.15) is 0 Å². The van der Waals surface area contributed by atoms with Gasteiger partial charge in [-0.15, -0.1) is 11.3 Å². The van der Waals surface area contributed by atoms with Gasteiger partial charge in [0.05, 0.1) is 6.61 Å². The second kappa shape index (κ2) is 3.09. The fraction of sp³-hybridized carbons (Fsp3) is 0.200. The Morgan fingerprint density at radius 2 is 2.15 bits per heavy atom. The number of hydrogen-bond acceptors (Lipinski definition) is 2. The molecule has 0 aliphatic carbocycles. The number of aliphatic hydroxyl groups excluding tert-OH is 1. The molecule has 0 bridgehead atoms. The van der Waals surface area contributed by atoms with E-state index < -0.39 is 0 Å². The summed E-state index contributed by atoms with van der Waals surface area (Å²) in [4.78, 5) is 0. The fourth-order valence-electron chi connectivity index (χ4n) is 1.37. The Bertz CT molecular complexity index is 447. The number of halogens is 1. The zero-order valence-electron chi connectivity index (χ0n) is 7.17. The minimum atomic E-state index is -0.176. The molecule has 0 amide bonds. The molecule has 13 heavy (non-hydrogen) atoms. The molecule has 0 fully saturated rings. The highest BCUT2D eigenvalue weighted by molar-refractivity contribution is 7.17. The first-order valence-corrected chi connectivity index (χ1v) is 4.82. The summed E-state index contributed by atoms with van der Waals surface area (Å²) >= 11 is 1.14. The Balaban J connectivity index is 2.72. The van der Waals surface area contributed by atoms with Gasteiger partial charge >= 0.3 is 0 Å². The van der Waals surface area contributed by atoms with Crippen molar-refractivity contribution in [2.75, 3.05) is 0 Å². The minimum Gasteiger partial charge on any atom is -0.392 e. The molecule has 0 aliphatic heterocycles. The van der Waals surface area contributed by atoms with Gasteiger partial charge in [-0.3, -0.25) is 0 Å². The molecule has 0 atom stereocenters. The summed E-state index contributed by atoms with van der Waals surface area (Å²) in [6.07, 6.45) is 0. The van der Waals surface area contributed by atoms with Crippen LogP contribution in [-0.2, 0) is 6.61 Å². The number of aryl methyl sites for hydroxylation is 1. The first kappa shape index (κ1) is 8.66. The Kier molecular flexibility index (Phi) is 2.06. The predicted octanol–water partition coefficient (Wildman–Crippen LogP) is 2.84. The highest BCUT2D eigenvalue weighted by Gasteiger charge is 2.04. The lowest BCUT2D eigenvalue weighted by Gasteiger charge is -2.01. The van der Waals surface area contributed by atoms with Gasteiger partial charge in [-0.2, -0.15) is 4.39 Å².